The van der Waals surface area contributed by atoms with Gasteiger partial charge in [0.1, 0.15) is 6.04 Å². The Balaban J connectivity index is 4.55. The molecule has 0 aromatic carbocycles. The lowest BCUT2D eigenvalue weighted by Crippen LogP contribution is -2.48. The first-order valence-corrected chi connectivity index (χ1v) is 13.5. The molecule has 0 aliphatic rings. The van der Waals surface area contributed by atoms with Crippen LogP contribution in [-0.2, 0) is 4.79 Å². The first kappa shape index (κ1) is 31.3. The van der Waals surface area contributed by atoms with Crippen molar-refractivity contribution in [3.8, 4) is 0 Å². The number of thioether (sulfide) groups is 1. The monoisotopic (exact) mass is 474 g/mol. The molecule has 0 fully saturated rings. The van der Waals surface area contributed by atoms with Crippen molar-refractivity contribution < 1.29 is 4.79 Å². The van der Waals surface area contributed by atoms with Gasteiger partial charge in [0.05, 0.1) is 6.04 Å². The summed E-state index contributed by atoms with van der Waals surface area (Å²) in [4.78, 5) is 12.9. The summed E-state index contributed by atoms with van der Waals surface area (Å²) in [6.07, 6.45) is 12.3. The van der Waals surface area contributed by atoms with Crippen LogP contribution in [0, 0.1) is 5.92 Å². The van der Waals surface area contributed by atoms with Crippen LogP contribution in [0.25, 0.3) is 0 Å². The summed E-state index contributed by atoms with van der Waals surface area (Å²) in [5.74, 6) is 2.23. The zero-order chi connectivity index (χ0) is 25.4. The van der Waals surface area contributed by atoms with Gasteiger partial charge in [0.15, 0.2) is 0 Å². The summed E-state index contributed by atoms with van der Waals surface area (Å²) in [7, 11) is 0. The van der Waals surface area contributed by atoms with Crippen LogP contribution in [0.2, 0.25) is 0 Å². The zero-order valence-corrected chi connectivity index (χ0v) is 23.5. The number of carbonyl (C=O) groups excluding carboxylic acids is 1. The first-order valence-electron chi connectivity index (χ1n) is 12.3. The molecule has 0 bridgehead atoms. The quantitative estimate of drug-likeness (QED) is 0.167. The van der Waals surface area contributed by atoms with Crippen molar-refractivity contribution in [2.24, 2.45) is 5.92 Å². The van der Waals surface area contributed by atoms with E-state index >= 15 is 0 Å². The molecule has 2 unspecified atom stereocenters. The molecule has 0 rings (SSSR count). The van der Waals surface area contributed by atoms with Crippen LogP contribution in [0.1, 0.15) is 87.5 Å². The molecule has 0 saturated heterocycles. The fraction of sp³-hybridized carbons (Fsp3) is 0.621. The average Bonchev–Trinajstić information content (AvgIpc) is 2.68. The van der Waals surface area contributed by atoms with Gasteiger partial charge >= 0.3 is 0 Å². The van der Waals surface area contributed by atoms with Crippen molar-refractivity contribution in [3.63, 3.8) is 0 Å². The second-order valence-electron chi connectivity index (χ2n) is 10.0. The highest BCUT2D eigenvalue weighted by molar-refractivity contribution is 7.99. The van der Waals surface area contributed by atoms with Crippen molar-refractivity contribution in [1.29, 1.82) is 0 Å². The number of nitrogens with one attached hydrogen (secondary N) is 2. The van der Waals surface area contributed by atoms with E-state index in [2.05, 4.69) is 83.6 Å². The second-order valence-corrected chi connectivity index (χ2v) is 11.1. The molecule has 2 atom stereocenters. The van der Waals surface area contributed by atoms with E-state index in [1.54, 1.807) is 0 Å². The third-order valence-electron chi connectivity index (χ3n) is 5.31. The summed E-state index contributed by atoms with van der Waals surface area (Å²) < 4.78 is 0. The van der Waals surface area contributed by atoms with Crippen LogP contribution in [0.15, 0.2) is 59.4 Å². The van der Waals surface area contributed by atoms with Gasteiger partial charge < -0.3 is 10.6 Å². The first-order chi connectivity index (χ1) is 15.4. The molecule has 0 aliphatic heterocycles. The summed E-state index contributed by atoms with van der Waals surface area (Å²) in [6, 6.07) is -0.279. The molecule has 3 nitrogen and oxygen atoms in total. The van der Waals surface area contributed by atoms with Gasteiger partial charge in [0.2, 0.25) is 5.91 Å². The average molecular weight is 475 g/mol. The lowest BCUT2D eigenvalue weighted by atomic mass is 10.0. The Morgan fingerprint density at radius 1 is 0.848 bits per heavy atom. The van der Waals surface area contributed by atoms with Crippen LogP contribution in [0.3, 0.4) is 0 Å². The number of carbonyl (C=O) groups is 1. The van der Waals surface area contributed by atoms with Gasteiger partial charge in [-0.3, -0.25) is 4.79 Å². The molecule has 0 aliphatic carbocycles. The largest absolute Gasteiger partial charge is 0.378 e. The van der Waals surface area contributed by atoms with E-state index in [1.807, 2.05) is 25.6 Å². The summed E-state index contributed by atoms with van der Waals surface area (Å²) in [6.45, 7) is 24.9. The molecule has 33 heavy (non-hydrogen) atoms. The van der Waals surface area contributed by atoms with Gasteiger partial charge in [-0.15, -0.1) is 0 Å². The molecule has 0 aromatic rings. The molecular weight excluding hydrogens is 424 g/mol. The van der Waals surface area contributed by atoms with Crippen molar-refractivity contribution in [3.05, 3.63) is 59.4 Å². The fourth-order valence-corrected chi connectivity index (χ4v) is 4.45. The molecule has 2 N–H and O–H groups in total. The minimum atomic E-state index is -0.255. The van der Waals surface area contributed by atoms with Crippen LogP contribution in [0.5, 0.6) is 0 Å². The number of hydrogen-bond acceptors (Lipinski definition) is 3. The highest BCUT2D eigenvalue weighted by Crippen LogP contribution is 2.15. The van der Waals surface area contributed by atoms with E-state index in [-0.39, 0.29) is 18.0 Å². The van der Waals surface area contributed by atoms with E-state index in [9.17, 15) is 4.79 Å². The Bertz CT molecular complexity index is 711. The number of hydrogen-bond donors (Lipinski definition) is 2. The highest BCUT2D eigenvalue weighted by atomic mass is 32.2. The summed E-state index contributed by atoms with van der Waals surface area (Å²) >= 11 is 1.84. The second kappa shape index (κ2) is 17.8. The molecule has 0 radical (unpaired) electrons. The molecular formula is C29H50N2OS. The minimum absolute atomic E-state index is 0.0239. The van der Waals surface area contributed by atoms with Crippen LogP contribution in [0.4, 0.5) is 0 Å². The van der Waals surface area contributed by atoms with E-state index in [0.29, 0.717) is 5.92 Å². The Labute approximate surface area is 209 Å². The molecule has 1 amide bonds. The fourth-order valence-electron chi connectivity index (χ4n) is 3.31. The topological polar surface area (TPSA) is 41.1 Å². The predicted octanol–water partition coefficient (Wildman–Crippen LogP) is 7.74. The minimum Gasteiger partial charge on any atom is -0.378 e. The normalized spacial score (nSPS) is 14.0. The molecule has 188 valence electrons. The van der Waals surface area contributed by atoms with Gasteiger partial charge in [-0.1, -0.05) is 67.5 Å². The SMILES string of the molecule is C=C(C)NC(CC(C)C)C(=O)NC(CSC/C=C(\C)CC/C=C(\C)CCC=C(C)C)C(=C)C. The Morgan fingerprint density at radius 2 is 1.42 bits per heavy atom. The zero-order valence-electron chi connectivity index (χ0n) is 22.6. The van der Waals surface area contributed by atoms with Crippen LogP contribution in [-0.4, -0.2) is 29.5 Å². The molecule has 0 aromatic heterocycles. The van der Waals surface area contributed by atoms with Gasteiger partial charge in [-0.2, -0.15) is 11.8 Å². The van der Waals surface area contributed by atoms with Crippen molar-refractivity contribution in [2.75, 3.05) is 11.5 Å². The maximum atomic E-state index is 12.9. The maximum absolute atomic E-state index is 12.9. The standard InChI is InChI=1S/C29H50N2OS/c1-21(2)13-11-14-25(9)15-12-16-26(10)17-18-33-20-28(23(5)6)31-29(32)27(19-22(3)4)30-24(7)8/h13,15,17,22,27-28,30H,5,7,11-12,14,16,18-20H2,1-4,6,8-10H3,(H,31,32)/b25-15+,26-17+. The van der Waals surface area contributed by atoms with Gasteiger partial charge in [-0.05, 0) is 79.6 Å². The number of rotatable bonds is 17. The summed E-state index contributed by atoms with van der Waals surface area (Å²) in [5.41, 5.74) is 6.10. The predicted molar refractivity (Wildman–Crippen MR) is 151 cm³/mol. The van der Waals surface area contributed by atoms with Crippen LogP contribution < -0.4 is 10.6 Å². The molecule has 4 heteroatoms. The van der Waals surface area contributed by atoms with E-state index in [0.717, 1.165) is 54.9 Å². The Hall–Kier alpha value is -1.68. The lowest BCUT2D eigenvalue weighted by molar-refractivity contribution is -0.123. The van der Waals surface area contributed by atoms with Gasteiger partial charge in [-0.25, -0.2) is 0 Å². The van der Waals surface area contributed by atoms with Gasteiger partial charge in [0, 0.05) is 17.2 Å². The third-order valence-corrected chi connectivity index (χ3v) is 6.28. The maximum Gasteiger partial charge on any atom is 0.242 e. The Morgan fingerprint density at radius 3 is 1.94 bits per heavy atom. The van der Waals surface area contributed by atoms with Crippen molar-refractivity contribution >= 4 is 17.7 Å². The molecule has 0 saturated carbocycles. The number of allylic oxidation sites excluding steroid dienone is 6. The van der Waals surface area contributed by atoms with E-state index in [1.165, 1.54) is 16.7 Å². The van der Waals surface area contributed by atoms with Crippen molar-refractivity contribution in [1.82, 2.24) is 10.6 Å². The number of amides is 1. The van der Waals surface area contributed by atoms with Crippen molar-refractivity contribution in [2.45, 2.75) is 99.6 Å². The van der Waals surface area contributed by atoms with E-state index in [4.69, 9.17) is 0 Å². The third kappa shape index (κ3) is 17.5. The van der Waals surface area contributed by atoms with E-state index < -0.39 is 0 Å². The van der Waals surface area contributed by atoms with Crippen LogP contribution >= 0.6 is 11.8 Å². The Kier molecular flexibility index (Phi) is 16.8. The molecule has 0 heterocycles. The summed E-state index contributed by atoms with van der Waals surface area (Å²) in [5, 5.41) is 6.41. The smallest absolute Gasteiger partial charge is 0.242 e. The lowest BCUT2D eigenvalue weighted by Gasteiger charge is -2.25. The molecule has 0 spiro atoms. The van der Waals surface area contributed by atoms with Gasteiger partial charge in [0.25, 0.3) is 0 Å². The highest BCUT2D eigenvalue weighted by Gasteiger charge is 2.22.